The van der Waals surface area contributed by atoms with Crippen molar-refractivity contribution in [3.8, 4) is 90.9 Å². The molecule has 0 bridgehead atoms. The summed E-state index contributed by atoms with van der Waals surface area (Å²) in [4.78, 5) is 0. The van der Waals surface area contributed by atoms with E-state index in [1.165, 1.54) is 0 Å². The first-order valence-electron chi connectivity index (χ1n) is 16.2. The van der Waals surface area contributed by atoms with Gasteiger partial charge in [0.1, 0.15) is 11.2 Å². The molecule has 0 spiro atoms. The van der Waals surface area contributed by atoms with E-state index in [0.29, 0.717) is 59.8 Å². The van der Waals surface area contributed by atoms with E-state index >= 15 is 0 Å². The summed E-state index contributed by atoms with van der Waals surface area (Å²) in [5.74, 6) is -9.40. The zero-order valence-corrected chi connectivity index (χ0v) is 27.1. The molecular weight excluding hydrogens is 680 g/mol. The number of furan rings is 1. The lowest BCUT2D eigenvalue weighted by Crippen LogP contribution is -1.92. The first-order chi connectivity index (χ1) is 25.5. The Morgan fingerprint density at radius 3 is 1.23 bits per heavy atom. The van der Waals surface area contributed by atoms with E-state index in [1.54, 1.807) is 60.7 Å². The molecule has 9 rings (SSSR count). The highest BCUT2D eigenvalue weighted by Gasteiger charge is 2.29. The highest BCUT2D eigenvalue weighted by Crippen LogP contribution is 2.59. The lowest BCUT2D eigenvalue weighted by Gasteiger charge is -2.20. The second-order valence-corrected chi connectivity index (χ2v) is 12.7. The summed E-state index contributed by atoms with van der Waals surface area (Å²) >= 11 is 0. The monoisotopic (exact) mass is 706 g/mol. The van der Waals surface area contributed by atoms with Crippen LogP contribution in [0.3, 0.4) is 0 Å². The molecule has 11 nitrogen and oxygen atoms in total. The number of fused-ring (bicyclic) bond motifs is 7. The second-order valence-electron chi connectivity index (χ2n) is 12.7. The predicted octanol–water partition coefficient (Wildman–Crippen LogP) is 9.10. The Hall–Kier alpha value is -7.66. The third-order valence-electron chi connectivity index (χ3n) is 9.96. The van der Waals surface area contributed by atoms with Gasteiger partial charge in [0, 0.05) is 21.7 Å². The summed E-state index contributed by atoms with van der Waals surface area (Å²) in [5, 5.41) is 111. The summed E-state index contributed by atoms with van der Waals surface area (Å²) < 4.78 is 6.40. The van der Waals surface area contributed by atoms with Gasteiger partial charge < -0.3 is 55.5 Å². The molecule has 0 unspecified atom stereocenters. The van der Waals surface area contributed by atoms with Crippen molar-refractivity contribution >= 4 is 54.3 Å². The molecule has 0 saturated carbocycles. The lowest BCUT2D eigenvalue weighted by atomic mass is 9.85. The van der Waals surface area contributed by atoms with E-state index in [4.69, 9.17) is 4.42 Å². The maximum atomic E-state index is 11.0. The number of benzene rings is 8. The van der Waals surface area contributed by atoms with E-state index in [9.17, 15) is 51.1 Å². The van der Waals surface area contributed by atoms with Crippen molar-refractivity contribution in [1.82, 2.24) is 0 Å². The molecule has 0 fully saturated rings. The van der Waals surface area contributed by atoms with Crippen LogP contribution >= 0.6 is 0 Å². The van der Waals surface area contributed by atoms with Gasteiger partial charge >= 0.3 is 0 Å². The molecule has 0 aliphatic heterocycles. The number of phenols is 10. The van der Waals surface area contributed by atoms with Crippen LogP contribution in [0.1, 0.15) is 0 Å². The molecule has 0 aliphatic carbocycles. The first-order valence-corrected chi connectivity index (χ1v) is 16.2. The molecule has 0 aliphatic rings. The van der Waals surface area contributed by atoms with Crippen LogP contribution in [0, 0.1) is 0 Å². The maximum absolute atomic E-state index is 11.0. The number of aromatic hydroxyl groups is 10. The Bertz CT molecular complexity index is 2950. The van der Waals surface area contributed by atoms with Crippen molar-refractivity contribution in [1.29, 1.82) is 0 Å². The van der Waals surface area contributed by atoms with Crippen molar-refractivity contribution < 1.29 is 55.5 Å². The number of hydrogen-bond donors (Lipinski definition) is 10. The average molecular weight is 707 g/mol. The lowest BCUT2D eigenvalue weighted by molar-refractivity contribution is 0.330. The highest BCUT2D eigenvalue weighted by molar-refractivity contribution is 6.24. The number of phenolic OH excluding ortho intramolecular Hbond substituents is 10. The molecule has 0 atom stereocenters. The quantitative estimate of drug-likeness (QED) is 0.0475. The van der Waals surface area contributed by atoms with E-state index in [0.717, 1.165) is 11.1 Å². The van der Waals surface area contributed by atoms with Crippen molar-refractivity contribution in [2.75, 3.05) is 0 Å². The van der Waals surface area contributed by atoms with Crippen molar-refractivity contribution in [2.24, 2.45) is 0 Å². The minimum Gasteiger partial charge on any atom is -0.504 e. The molecule has 1 aromatic heterocycles. The van der Waals surface area contributed by atoms with Crippen molar-refractivity contribution in [2.45, 2.75) is 0 Å². The fraction of sp³-hybridized carbons (Fsp3) is 0. The topological polar surface area (TPSA) is 215 Å². The van der Waals surface area contributed by atoms with Gasteiger partial charge in [0.25, 0.3) is 0 Å². The highest BCUT2D eigenvalue weighted by atomic mass is 16.4. The largest absolute Gasteiger partial charge is 0.504 e. The van der Waals surface area contributed by atoms with Crippen LogP contribution < -0.4 is 0 Å². The van der Waals surface area contributed by atoms with Gasteiger partial charge in [0.15, 0.2) is 23.0 Å². The Morgan fingerprint density at radius 2 is 0.717 bits per heavy atom. The number of hydrogen-bond acceptors (Lipinski definition) is 11. The van der Waals surface area contributed by atoms with Crippen molar-refractivity contribution in [3.05, 3.63) is 97.1 Å². The SMILES string of the molecule is Oc1c(O)c(O)c(-c2c3ccccc3c(-c3ccc4oc5c6ccccc6c(-c6c(O)c(O)c(O)c(O)c6O)cc5c4c3)c3ccccc23)c(O)c1O. The smallest absolute Gasteiger partial charge is 0.208 e. The van der Waals surface area contributed by atoms with Gasteiger partial charge in [-0.2, -0.15) is 0 Å². The third-order valence-corrected chi connectivity index (χ3v) is 9.96. The molecule has 1 heterocycles. The van der Waals surface area contributed by atoms with Crippen molar-refractivity contribution in [3.63, 3.8) is 0 Å². The van der Waals surface area contributed by atoms with Crippen LogP contribution in [0.5, 0.6) is 57.5 Å². The van der Waals surface area contributed by atoms with E-state index in [2.05, 4.69) is 0 Å². The Balaban J connectivity index is 1.38. The van der Waals surface area contributed by atoms with Crippen LogP contribution in [-0.2, 0) is 0 Å². The molecular formula is C42H26O11. The molecule has 0 radical (unpaired) electrons. The van der Waals surface area contributed by atoms with Crippen LogP contribution in [0.25, 0.3) is 87.6 Å². The Kier molecular flexibility index (Phi) is 6.45. The normalized spacial score (nSPS) is 11.8. The fourth-order valence-corrected chi connectivity index (χ4v) is 7.53. The Labute approximate surface area is 297 Å². The molecule has 260 valence electrons. The van der Waals surface area contributed by atoms with Gasteiger partial charge in [-0.25, -0.2) is 0 Å². The Morgan fingerprint density at radius 1 is 0.302 bits per heavy atom. The minimum atomic E-state index is -1.07. The van der Waals surface area contributed by atoms with E-state index < -0.39 is 57.5 Å². The van der Waals surface area contributed by atoms with Gasteiger partial charge in [0.05, 0.1) is 11.1 Å². The molecule has 10 N–H and O–H groups in total. The average Bonchev–Trinajstić information content (AvgIpc) is 3.55. The van der Waals surface area contributed by atoms with Crippen LogP contribution in [0.15, 0.2) is 101 Å². The third kappa shape index (κ3) is 4.15. The number of rotatable bonds is 3. The molecule has 0 amide bonds. The predicted molar refractivity (Wildman–Crippen MR) is 199 cm³/mol. The van der Waals surface area contributed by atoms with Gasteiger partial charge in [-0.1, -0.05) is 78.9 Å². The summed E-state index contributed by atoms with van der Waals surface area (Å²) in [7, 11) is 0. The summed E-state index contributed by atoms with van der Waals surface area (Å²) in [6.07, 6.45) is 0. The zero-order valence-electron chi connectivity index (χ0n) is 27.1. The molecule has 8 aromatic carbocycles. The van der Waals surface area contributed by atoms with E-state index in [-0.39, 0.29) is 16.7 Å². The maximum Gasteiger partial charge on any atom is 0.208 e. The van der Waals surface area contributed by atoms with Gasteiger partial charge in [0.2, 0.25) is 34.5 Å². The first kappa shape index (κ1) is 31.3. The second kappa shape index (κ2) is 10.9. The summed E-state index contributed by atoms with van der Waals surface area (Å²) in [6, 6.07) is 28.7. The standard InChI is InChI=1S/C42H26O11/c43-32-30(33(44)37(48)40(51)36(32)47)25-16-26-24-15-17(13-14-27(24)53-42(26)23-12-6-1-7-18(23)25)28-19-8-2-4-10-21(19)29(22-11-5-3-9-20(22)28)31-34(45)38(49)41(52)39(50)35(31)46/h1-16,43-52H. The van der Waals surface area contributed by atoms with Crippen LogP contribution in [0.2, 0.25) is 0 Å². The molecule has 53 heavy (non-hydrogen) atoms. The summed E-state index contributed by atoms with van der Waals surface area (Å²) in [5.41, 5.74) is 2.44. The molecule has 11 heteroatoms. The summed E-state index contributed by atoms with van der Waals surface area (Å²) in [6.45, 7) is 0. The van der Waals surface area contributed by atoms with Gasteiger partial charge in [-0.3, -0.25) is 0 Å². The molecule has 9 aromatic rings. The fourth-order valence-electron chi connectivity index (χ4n) is 7.53. The van der Waals surface area contributed by atoms with E-state index in [1.807, 2.05) is 36.4 Å². The molecule has 0 saturated heterocycles. The van der Waals surface area contributed by atoms with Crippen LogP contribution in [-0.4, -0.2) is 51.1 Å². The minimum absolute atomic E-state index is 0.238. The van der Waals surface area contributed by atoms with Gasteiger partial charge in [-0.05, 0) is 61.8 Å². The van der Waals surface area contributed by atoms with Crippen LogP contribution in [0.4, 0.5) is 0 Å². The van der Waals surface area contributed by atoms with Gasteiger partial charge in [-0.15, -0.1) is 0 Å². The zero-order chi connectivity index (χ0) is 37.0.